The first kappa shape index (κ1) is 54.0. The number of carbonyl (C=O) groups is 2. The Bertz CT molecular complexity index is 2350. The predicted molar refractivity (Wildman–Crippen MR) is 255 cm³/mol. The molecule has 0 saturated carbocycles. The van der Waals surface area contributed by atoms with Crippen molar-refractivity contribution in [2.45, 2.75) is 114 Å². The largest absolute Gasteiger partial charge is 0.382 e. The average molecular weight is 987 g/mol. The zero-order valence-electron chi connectivity index (χ0n) is 37.8. The highest BCUT2D eigenvalue weighted by atomic mass is 35.5. The fourth-order valence-corrected chi connectivity index (χ4v) is 9.33. The van der Waals surface area contributed by atoms with Gasteiger partial charge in [-0.25, -0.2) is 9.13 Å². The molecule has 20 heteroatoms. The summed E-state index contributed by atoms with van der Waals surface area (Å²) in [6.07, 6.45) is 13.8. The number of nitrogens with zero attached hydrogens (tertiary/aromatic N) is 3. The summed E-state index contributed by atoms with van der Waals surface area (Å²) in [6.45, 7) is 8.33. The summed E-state index contributed by atoms with van der Waals surface area (Å²) >= 11 is 13.1. The molecular formula is C45H67Cl2N6O10S2+. The average Bonchev–Trinajstić information content (AvgIpc) is 3.62. The van der Waals surface area contributed by atoms with Gasteiger partial charge in [-0.1, -0.05) is 56.0 Å². The minimum Gasteiger partial charge on any atom is -0.382 e. The van der Waals surface area contributed by atoms with E-state index in [0.29, 0.717) is 106 Å². The molecule has 2 heterocycles. The van der Waals surface area contributed by atoms with Crippen LogP contribution in [0.4, 0.5) is 5.69 Å². The van der Waals surface area contributed by atoms with Crippen molar-refractivity contribution in [3.05, 3.63) is 69.6 Å². The van der Waals surface area contributed by atoms with Gasteiger partial charge in [0.25, 0.3) is 26.1 Å². The fraction of sp³-hybridized carbons (Fsp3) is 0.578. The molecule has 0 unspecified atom stereocenters. The minimum atomic E-state index is -4.48. The SMILES string of the molecule is COCCOCCNC(=O)CCCCCn1c(C=CC=C2N(CCCCCC(=O)NCCCCCN)c3ccc(S(=O)(=O)O)cc3C2(C)C)[n+](CCCS(=O)(=O)O)c2cc(Cl)c(Cl)cc21. The van der Waals surface area contributed by atoms with Gasteiger partial charge in [0.2, 0.25) is 11.8 Å². The summed E-state index contributed by atoms with van der Waals surface area (Å²) in [5, 5.41) is 6.51. The van der Waals surface area contributed by atoms with Crippen molar-refractivity contribution >= 4 is 78.0 Å². The molecule has 4 rings (SSSR count). The normalized spacial score (nSPS) is 14.5. The molecule has 65 heavy (non-hydrogen) atoms. The molecule has 0 fully saturated rings. The van der Waals surface area contributed by atoms with Crippen molar-refractivity contribution < 1.29 is 49.6 Å². The van der Waals surface area contributed by atoms with Crippen LogP contribution in [0, 0.1) is 0 Å². The van der Waals surface area contributed by atoms with Crippen LogP contribution in [-0.2, 0) is 57.8 Å². The molecule has 0 spiro atoms. The highest BCUT2D eigenvalue weighted by Crippen LogP contribution is 2.48. The molecule has 1 aliphatic heterocycles. The number of unbranched alkanes of at least 4 members (excludes halogenated alkanes) is 6. The van der Waals surface area contributed by atoms with Crippen LogP contribution in [0.25, 0.3) is 17.1 Å². The lowest BCUT2D eigenvalue weighted by molar-refractivity contribution is -0.673. The second-order valence-electron chi connectivity index (χ2n) is 16.7. The second kappa shape index (κ2) is 26.1. The number of amides is 2. The van der Waals surface area contributed by atoms with Crippen molar-refractivity contribution in [3.63, 3.8) is 0 Å². The van der Waals surface area contributed by atoms with Gasteiger partial charge in [-0.05, 0) is 81.3 Å². The molecule has 3 aromatic rings. The number of carbonyl (C=O) groups excluding carboxylic acids is 2. The third kappa shape index (κ3) is 16.6. The minimum absolute atomic E-state index is 0.0185. The number of halogens is 2. The number of fused-ring (bicyclic) bond motifs is 2. The molecule has 0 saturated heterocycles. The fourth-order valence-electron chi connectivity index (χ4n) is 8.01. The Morgan fingerprint density at radius 1 is 0.831 bits per heavy atom. The highest BCUT2D eigenvalue weighted by Gasteiger charge is 2.40. The monoisotopic (exact) mass is 985 g/mol. The maximum absolute atomic E-state index is 12.5. The summed E-state index contributed by atoms with van der Waals surface area (Å²) in [4.78, 5) is 26.9. The zero-order chi connectivity index (χ0) is 47.6. The standard InChI is InChI=1S/C45H66Cl2N6O10S2/c1-45(2)35-31-34(65(59,60)61)19-20-38(35)51(24-11-4-7-16-42(54)49-22-10-6-9-21-48)41(45)15-13-18-44-52(25-12-5-8-17-43(55)50-23-27-63-29-28-62-3)39-32-36(46)37(47)33-40(39)53(44)26-14-30-64(56,57)58/h13,15,18-20,31-33H,4-12,14,16-17,21-30,48H2,1-3H3,(H3-,49,50,54,55,56,57,58,59,60,61)/p+1. The number of allylic oxidation sites excluding steroid dienone is 3. The van der Waals surface area contributed by atoms with E-state index in [9.17, 15) is 35.5 Å². The predicted octanol–water partition coefficient (Wildman–Crippen LogP) is 6.60. The van der Waals surface area contributed by atoms with Gasteiger partial charge in [0.05, 0.1) is 53.6 Å². The summed E-state index contributed by atoms with van der Waals surface area (Å²) < 4.78 is 82.1. The molecule has 2 amide bonds. The van der Waals surface area contributed by atoms with E-state index in [0.717, 1.165) is 61.0 Å². The third-order valence-electron chi connectivity index (χ3n) is 11.4. The number of imidazole rings is 1. The Balaban J connectivity index is 1.62. The number of methoxy groups -OCH3 is 1. The number of benzene rings is 2. The number of hydrogen-bond donors (Lipinski definition) is 5. The molecule has 6 N–H and O–H groups in total. The summed E-state index contributed by atoms with van der Waals surface area (Å²) in [5.74, 6) is 0.220. The molecule has 0 bridgehead atoms. The number of nitrogens with two attached hydrogens (primary N) is 1. The first-order valence-corrected chi connectivity index (χ1v) is 26.1. The smallest absolute Gasteiger partial charge is 0.294 e. The van der Waals surface area contributed by atoms with Crippen molar-refractivity contribution in [3.8, 4) is 0 Å². The lowest BCUT2D eigenvalue weighted by Gasteiger charge is -2.27. The van der Waals surface area contributed by atoms with Gasteiger partial charge in [0, 0.05) is 81.0 Å². The first-order chi connectivity index (χ1) is 30.9. The van der Waals surface area contributed by atoms with Gasteiger partial charge in [-0.15, -0.1) is 0 Å². The van der Waals surface area contributed by atoms with Crippen molar-refractivity contribution in [2.24, 2.45) is 5.73 Å². The second-order valence-corrected chi connectivity index (χ2v) is 20.5. The van der Waals surface area contributed by atoms with Gasteiger partial charge >= 0.3 is 0 Å². The molecule has 362 valence electrons. The van der Waals surface area contributed by atoms with E-state index in [-0.39, 0.29) is 29.7 Å². The quantitative estimate of drug-likeness (QED) is 0.0271. The lowest BCUT2D eigenvalue weighted by Crippen LogP contribution is -2.37. The van der Waals surface area contributed by atoms with Crippen LogP contribution in [-0.4, -0.2) is 101 Å². The van der Waals surface area contributed by atoms with E-state index in [1.165, 1.54) is 12.1 Å². The van der Waals surface area contributed by atoms with E-state index in [4.69, 9.17) is 38.4 Å². The Labute approximate surface area is 394 Å². The topological polar surface area (TPSA) is 223 Å². The maximum atomic E-state index is 12.5. The van der Waals surface area contributed by atoms with Gasteiger partial charge in [-0.2, -0.15) is 16.8 Å². The van der Waals surface area contributed by atoms with E-state index in [1.807, 2.05) is 36.6 Å². The van der Waals surface area contributed by atoms with E-state index in [2.05, 4.69) is 20.1 Å². The van der Waals surface area contributed by atoms with Crippen LogP contribution in [0.2, 0.25) is 10.0 Å². The molecule has 1 aromatic heterocycles. The Morgan fingerprint density at radius 2 is 1.49 bits per heavy atom. The number of ether oxygens (including phenoxy) is 2. The summed E-state index contributed by atoms with van der Waals surface area (Å²) in [7, 11) is -7.12. The number of anilines is 1. The van der Waals surface area contributed by atoms with Crippen LogP contribution < -0.4 is 25.8 Å². The van der Waals surface area contributed by atoms with Crippen LogP contribution >= 0.6 is 23.2 Å². The van der Waals surface area contributed by atoms with Crippen LogP contribution in [0.15, 0.2) is 53.1 Å². The van der Waals surface area contributed by atoms with Gasteiger partial charge in [0.1, 0.15) is 0 Å². The van der Waals surface area contributed by atoms with Crippen LogP contribution in [0.3, 0.4) is 0 Å². The number of hydrogen-bond acceptors (Lipinski definition) is 10. The number of aryl methyl sites for hydroxylation is 2. The maximum Gasteiger partial charge on any atom is 0.294 e. The summed E-state index contributed by atoms with van der Waals surface area (Å²) in [5.41, 5.74) is 8.74. The molecule has 1 aliphatic rings. The van der Waals surface area contributed by atoms with E-state index in [1.54, 1.807) is 25.3 Å². The van der Waals surface area contributed by atoms with Crippen molar-refractivity contribution in [1.29, 1.82) is 0 Å². The van der Waals surface area contributed by atoms with E-state index >= 15 is 0 Å². The van der Waals surface area contributed by atoms with Crippen molar-refractivity contribution in [1.82, 2.24) is 15.2 Å². The molecular weight excluding hydrogens is 920 g/mol. The molecule has 0 aliphatic carbocycles. The summed E-state index contributed by atoms with van der Waals surface area (Å²) in [6, 6.07) is 8.12. The zero-order valence-corrected chi connectivity index (χ0v) is 41.0. The van der Waals surface area contributed by atoms with Gasteiger partial charge < -0.3 is 30.7 Å². The number of aromatic nitrogens is 2. The molecule has 0 atom stereocenters. The Hall–Kier alpha value is -3.59. The number of rotatable bonds is 30. The third-order valence-corrected chi connectivity index (χ3v) is 13.7. The van der Waals surface area contributed by atoms with Crippen LogP contribution in [0.5, 0.6) is 0 Å². The molecule has 2 aromatic carbocycles. The number of nitrogens with one attached hydrogen (secondary N) is 2. The van der Waals surface area contributed by atoms with Crippen molar-refractivity contribution in [2.75, 3.05) is 63.8 Å². The van der Waals surface area contributed by atoms with Gasteiger partial charge in [-0.3, -0.25) is 18.7 Å². The highest BCUT2D eigenvalue weighted by molar-refractivity contribution is 7.86. The van der Waals surface area contributed by atoms with Crippen LogP contribution in [0.1, 0.15) is 102 Å². The van der Waals surface area contributed by atoms with E-state index < -0.39 is 31.4 Å². The Morgan fingerprint density at radius 3 is 2.15 bits per heavy atom. The first-order valence-electron chi connectivity index (χ1n) is 22.3. The molecule has 16 nitrogen and oxygen atoms in total. The molecule has 0 radical (unpaired) electrons. The van der Waals surface area contributed by atoms with Gasteiger partial charge in [0.15, 0.2) is 11.0 Å². The Kier molecular flexibility index (Phi) is 21.7. The lowest BCUT2D eigenvalue weighted by atomic mass is 9.83.